The summed E-state index contributed by atoms with van der Waals surface area (Å²) in [5, 5.41) is 9.09. The van der Waals surface area contributed by atoms with Crippen molar-refractivity contribution >= 4 is 0 Å². The Balaban J connectivity index is 1.98. The number of aliphatic hydroxyl groups excluding tert-OH is 1. The van der Waals surface area contributed by atoms with Crippen molar-refractivity contribution in [1.82, 2.24) is 0 Å². The minimum atomic E-state index is -0.222. The molecule has 1 unspecified atom stereocenters. The van der Waals surface area contributed by atoms with E-state index in [0.29, 0.717) is 6.61 Å². The molecule has 20 heavy (non-hydrogen) atoms. The first-order chi connectivity index (χ1) is 9.76. The van der Waals surface area contributed by atoms with Gasteiger partial charge >= 0.3 is 0 Å². The molecule has 1 aliphatic heterocycles. The van der Waals surface area contributed by atoms with Crippen LogP contribution >= 0.6 is 0 Å². The van der Waals surface area contributed by atoms with Gasteiger partial charge in [0.25, 0.3) is 0 Å². The molecular formula is C16H32O4. The average Bonchev–Trinajstić information content (AvgIpc) is 2.46. The van der Waals surface area contributed by atoms with Crippen LogP contribution in [-0.2, 0) is 14.2 Å². The maximum atomic E-state index is 9.09. The van der Waals surface area contributed by atoms with Gasteiger partial charge in [-0.25, -0.2) is 0 Å². The molecule has 1 saturated heterocycles. The zero-order valence-corrected chi connectivity index (χ0v) is 13.2. The third-order valence-corrected chi connectivity index (χ3v) is 3.72. The van der Waals surface area contributed by atoms with Gasteiger partial charge in [0.2, 0.25) is 0 Å². The van der Waals surface area contributed by atoms with Crippen molar-refractivity contribution in [3.05, 3.63) is 0 Å². The predicted octanol–water partition coefficient (Wildman–Crippen LogP) is 3.27. The molecule has 1 fully saturated rings. The van der Waals surface area contributed by atoms with Crippen LogP contribution < -0.4 is 0 Å². The molecule has 4 heteroatoms. The second kappa shape index (κ2) is 11.5. The van der Waals surface area contributed by atoms with Crippen molar-refractivity contribution in [2.24, 2.45) is 0 Å². The van der Waals surface area contributed by atoms with Gasteiger partial charge in [0.05, 0.1) is 25.4 Å². The molecule has 1 heterocycles. The SMILES string of the molecule is CCCCCCCCOC(C)C[C@H]1OCC[C@H](CO)O1. The molecule has 1 aliphatic rings. The van der Waals surface area contributed by atoms with Gasteiger partial charge in [-0.05, 0) is 19.8 Å². The van der Waals surface area contributed by atoms with E-state index in [0.717, 1.165) is 25.9 Å². The lowest BCUT2D eigenvalue weighted by atomic mass is 10.1. The Hall–Kier alpha value is -0.160. The summed E-state index contributed by atoms with van der Waals surface area (Å²) in [6.07, 6.45) is 9.08. The number of ether oxygens (including phenoxy) is 3. The van der Waals surface area contributed by atoms with E-state index in [1.807, 2.05) is 0 Å². The minimum Gasteiger partial charge on any atom is -0.394 e. The van der Waals surface area contributed by atoms with Gasteiger partial charge in [-0.1, -0.05) is 39.0 Å². The quantitative estimate of drug-likeness (QED) is 0.593. The Morgan fingerprint density at radius 3 is 2.70 bits per heavy atom. The Morgan fingerprint density at radius 1 is 1.20 bits per heavy atom. The van der Waals surface area contributed by atoms with E-state index in [2.05, 4.69) is 13.8 Å². The van der Waals surface area contributed by atoms with Crippen LogP contribution in [0.15, 0.2) is 0 Å². The van der Waals surface area contributed by atoms with Crippen molar-refractivity contribution in [3.63, 3.8) is 0 Å². The summed E-state index contributed by atoms with van der Waals surface area (Å²) in [4.78, 5) is 0. The summed E-state index contributed by atoms with van der Waals surface area (Å²) in [6, 6.07) is 0. The maximum Gasteiger partial charge on any atom is 0.160 e. The van der Waals surface area contributed by atoms with Crippen LogP contribution in [0.3, 0.4) is 0 Å². The highest BCUT2D eigenvalue weighted by atomic mass is 16.7. The van der Waals surface area contributed by atoms with Gasteiger partial charge in [0.1, 0.15) is 0 Å². The van der Waals surface area contributed by atoms with Crippen molar-refractivity contribution in [2.45, 2.75) is 83.7 Å². The molecule has 0 aromatic heterocycles. The van der Waals surface area contributed by atoms with Gasteiger partial charge in [-0.2, -0.15) is 0 Å². The van der Waals surface area contributed by atoms with E-state index in [4.69, 9.17) is 19.3 Å². The molecule has 0 saturated carbocycles. The lowest BCUT2D eigenvalue weighted by Gasteiger charge is -2.30. The largest absolute Gasteiger partial charge is 0.394 e. The molecule has 0 aromatic rings. The normalized spacial score (nSPS) is 24.8. The van der Waals surface area contributed by atoms with Gasteiger partial charge < -0.3 is 19.3 Å². The van der Waals surface area contributed by atoms with Crippen LogP contribution in [0, 0.1) is 0 Å². The standard InChI is InChI=1S/C16H32O4/c1-3-4-5-6-7-8-10-18-14(2)12-16-19-11-9-15(13-17)20-16/h14-17H,3-13H2,1-2H3/t14?,15-,16+/m1/s1. The summed E-state index contributed by atoms with van der Waals surface area (Å²) in [7, 11) is 0. The van der Waals surface area contributed by atoms with Crippen molar-refractivity contribution in [3.8, 4) is 0 Å². The van der Waals surface area contributed by atoms with E-state index in [1.165, 1.54) is 32.1 Å². The van der Waals surface area contributed by atoms with Gasteiger partial charge in [0.15, 0.2) is 6.29 Å². The number of rotatable bonds is 11. The molecule has 0 spiro atoms. The van der Waals surface area contributed by atoms with E-state index in [9.17, 15) is 0 Å². The molecule has 0 bridgehead atoms. The van der Waals surface area contributed by atoms with Crippen LogP contribution in [0.1, 0.15) is 65.2 Å². The van der Waals surface area contributed by atoms with E-state index < -0.39 is 0 Å². The monoisotopic (exact) mass is 288 g/mol. The Morgan fingerprint density at radius 2 is 1.95 bits per heavy atom. The third-order valence-electron chi connectivity index (χ3n) is 3.72. The first-order valence-corrected chi connectivity index (χ1v) is 8.25. The van der Waals surface area contributed by atoms with Crippen molar-refractivity contribution < 1.29 is 19.3 Å². The fourth-order valence-electron chi connectivity index (χ4n) is 2.42. The lowest BCUT2D eigenvalue weighted by Crippen LogP contribution is -2.36. The van der Waals surface area contributed by atoms with Crippen molar-refractivity contribution in [1.29, 1.82) is 0 Å². The summed E-state index contributed by atoms with van der Waals surface area (Å²) in [5.41, 5.74) is 0. The highest BCUT2D eigenvalue weighted by Crippen LogP contribution is 2.17. The average molecular weight is 288 g/mol. The Labute approximate surface area is 123 Å². The van der Waals surface area contributed by atoms with Crippen LogP contribution in [0.4, 0.5) is 0 Å². The summed E-state index contributed by atoms with van der Waals surface area (Å²) in [6.45, 7) is 5.87. The van der Waals surface area contributed by atoms with Gasteiger partial charge in [-0.3, -0.25) is 0 Å². The molecular weight excluding hydrogens is 256 g/mol. The van der Waals surface area contributed by atoms with Crippen LogP contribution in [0.2, 0.25) is 0 Å². The first-order valence-electron chi connectivity index (χ1n) is 8.25. The minimum absolute atomic E-state index is 0.0699. The van der Waals surface area contributed by atoms with Gasteiger partial charge in [-0.15, -0.1) is 0 Å². The summed E-state index contributed by atoms with van der Waals surface area (Å²) in [5.74, 6) is 0. The fourth-order valence-corrected chi connectivity index (χ4v) is 2.42. The molecule has 120 valence electrons. The van der Waals surface area contributed by atoms with Crippen LogP contribution in [0.25, 0.3) is 0 Å². The van der Waals surface area contributed by atoms with E-state index in [-0.39, 0.29) is 25.1 Å². The van der Waals surface area contributed by atoms with Crippen molar-refractivity contribution in [2.75, 3.05) is 19.8 Å². The topological polar surface area (TPSA) is 47.9 Å². The first kappa shape index (κ1) is 17.9. The molecule has 1 rings (SSSR count). The zero-order valence-electron chi connectivity index (χ0n) is 13.2. The maximum absolute atomic E-state index is 9.09. The lowest BCUT2D eigenvalue weighted by molar-refractivity contribution is -0.230. The molecule has 4 nitrogen and oxygen atoms in total. The second-order valence-electron chi connectivity index (χ2n) is 5.71. The molecule has 0 aliphatic carbocycles. The molecule has 1 N–H and O–H groups in total. The summed E-state index contributed by atoms with van der Waals surface area (Å²) < 4.78 is 17.0. The predicted molar refractivity (Wildman–Crippen MR) is 79.7 cm³/mol. The number of unbranched alkanes of at least 4 members (excludes halogenated alkanes) is 5. The zero-order chi connectivity index (χ0) is 14.6. The molecule has 0 amide bonds. The van der Waals surface area contributed by atoms with E-state index in [1.54, 1.807) is 0 Å². The Bertz CT molecular complexity index is 223. The van der Waals surface area contributed by atoms with E-state index >= 15 is 0 Å². The molecule has 0 radical (unpaired) electrons. The highest BCUT2D eigenvalue weighted by Gasteiger charge is 2.24. The third kappa shape index (κ3) is 8.20. The summed E-state index contributed by atoms with van der Waals surface area (Å²) >= 11 is 0. The Kier molecular flexibility index (Phi) is 10.3. The molecule has 3 atom stereocenters. The highest BCUT2D eigenvalue weighted by molar-refractivity contribution is 4.65. The van der Waals surface area contributed by atoms with Crippen LogP contribution in [0.5, 0.6) is 0 Å². The fraction of sp³-hybridized carbons (Fsp3) is 1.00. The smallest absolute Gasteiger partial charge is 0.160 e. The molecule has 0 aromatic carbocycles. The van der Waals surface area contributed by atoms with Gasteiger partial charge in [0, 0.05) is 13.0 Å². The number of hydrogen-bond acceptors (Lipinski definition) is 4. The second-order valence-corrected chi connectivity index (χ2v) is 5.71. The number of hydrogen-bond donors (Lipinski definition) is 1. The van der Waals surface area contributed by atoms with Crippen LogP contribution in [-0.4, -0.2) is 43.4 Å². The number of aliphatic hydroxyl groups is 1.